The van der Waals surface area contributed by atoms with Crippen LogP contribution in [-0.2, 0) is 0 Å². The van der Waals surface area contributed by atoms with Gasteiger partial charge in [0.1, 0.15) is 0 Å². The molecular formula is C14H24. The van der Waals surface area contributed by atoms with Gasteiger partial charge in [0.05, 0.1) is 0 Å². The van der Waals surface area contributed by atoms with Crippen molar-refractivity contribution in [1.29, 1.82) is 0 Å². The maximum atomic E-state index is 1.59. The molecule has 0 N–H and O–H groups in total. The fraction of sp³-hybridized carbons (Fsp3) is 1.00. The molecule has 3 rings (SSSR count). The summed E-state index contributed by atoms with van der Waals surface area (Å²) >= 11 is 0. The molecule has 0 aliphatic heterocycles. The zero-order valence-corrected chi connectivity index (χ0v) is 9.38. The van der Waals surface area contributed by atoms with E-state index < -0.39 is 0 Å². The van der Waals surface area contributed by atoms with Crippen LogP contribution in [0.4, 0.5) is 0 Å². The smallest absolute Gasteiger partial charge is 0.0386 e. The topological polar surface area (TPSA) is 0 Å². The molecule has 80 valence electrons. The van der Waals surface area contributed by atoms with E-state index >= 15 is 0 Å². The van der Waals surface area contributed by atoms with E-state index in [9.17, 15) is 0 Å². The van der Waals surface area contributed by atoms with E-state index in [4.69, 9.17) is 0 Å². The number of rotatable bonds is 0. The van der Waals surface area contributed by atoms with Crippen molar-refractivity contribution in [3.8, 4) is 0 Å². The largest absolute Gasteiger partial charge is 0.0528 e. The van der Waals surface area contributed by atoms with Crippen molar-refractivity contribution in [2.75, 3.05) is 0 Å². The Hall–Kier alpha value is 0. The Bertz CT molecular complexity index is 154. The molecule has 0 aromatic heterocycles. The van der Waals surface area contributed by atoms with Crippen molar-refractivity contribution in [2.24, 2.45) is 23.7 Å². The second-order valence-corrected chi connectivity index (χ2v) is 6.06. The van der Waals surface area contributed by atoms with Gasteiger partial charge in [-0.05, 0) is 49.4 Å². The molecule has 3 saturated carbocycles. The average molecular weight is 192 g/mol. The van der Waals surface area contributed by atoms with Gasteiger partial charge in [-0.25, -0.2) is 0 Å². The van der Waals surface area contributed by atoms with Crippen molar-refractivity contribution in [3.63, 3.8) is 0 Å². The minimum atomic E-state index is 1.15. The van der Waals surface area contributed by atoms with E-state index in [0.29, 0.717) is 0 Å². The van der Waals surface area contributed by atoms with Gasteiger partial charge in [0.15, 0.2) is 0 Å². The Morgan fingerprint density at radius 1 is 0.357 bits per heavy atom. The van der Waals surface area contributed by atoms with Gasteiger partial charge in [0.25, 0.3) is 0 Å². The summed E-state index contributed by atoms with van der Waals surface area (Å²) in [6.07, 6.45) is 15.7. The van der Waals surface area contributed by atoms with Gasteiger partial charge in [-0.2, -0.15) is 0 Å². The lowest BCUT2D eigenvalue weighted by Gasteiger charge is -2.29. The molecule has 0 heteroatoms. The van der Waals surface area contributed by atoms with E-state index in [2.05, 4.69) is 0 Å². The number of fused-ring (bicyclic) bond motifs is 2. The summed E-state index contributed by atoms with van der Waals surface area (Å²) in [4.78, 5) is 0. The van der Waals surface area contributed by atoms with Crippen LogP contribution in [-0.4, -0.2) is 0 Å². The predicted molar refractivity (Wildman–Crippen MR) is 60.1 cm³/mol. The highest BCUT2D eigenvalue weighted by molar-refractivity contribution is 4.86. The third-order valence-electron chi connectivity index (χ3n) is 5.45. The van der Waals surface area contributed by atoms with Gasteiger partial charge in [-0.1, -0.05) is 38.5 Å². The van der Waals surface area contributed by atoms with Crippen LogP contribution in [0.2, 0.25) is 0 Å². The number of hydrogen-bond acceptors (Lipinski definition) is 0. The molecular weight excluding hydrogens is 168 g/mol. The molecule has 3 aliphatic rings. The molecule has 3 aliphatic carbocycles. The van der Waals surface area contributed by atoms with Crippen LogP contribution in [0, 0.1) is 23.7 Å². The first-order valence-corrected chi connectivity index (χ1v) is 6.93. The third kappa shape index (κ3) is 1.61. The molecule has 3 fully saturated rings. The molecule has 0 saturated heterocycles. The van der Waals surface area contributed by atoms with Crippen molar-refractivity contribution < 1.29 is 0 Å². The Kier molecular flexibility index (Phi) is 2.55. The third-order valence-corrected chi connectivity index (χ3v) is 5.45. The number of hydrogen-bond donors (Lipinski definition) is 0. The molecule has 0 spiro atoms. The van der Waals surface area contributed by atoms with E-state index in [-0.39, 0.29) is 0 Å². The Labute approximate surface area is 88.5 Å². The molecule has 0 radical (unpaired) electrons. The summed E-state index contributed by atoms with van der Waals surface area (Å²) in [6.45, 7) is 0. The van der Waals surface area contributed by atoms with Gasteiger partial charge in [0.2, 0.25) is 0 Å². The van der Waals surface area contributed by atoms with Crippen molar-refractivity contribution in [3.05, 3.63) is 0 Å². The first kappa shape index (κ1) is 9.24. The Morgan fingerprint density at radius 3 is 0.929 bits per heavy atom. The summed E-state index contributed by atoms with van der Waals surface area (Å²) in [5, 5.41) is 0. The second kappa shape index (κ2) is 3.87. The Morgan fingerprint density at radius 2 is 0.643 bits per heavy atom. The lowest BCUT2D eigenvalue weighted by atomic mass is 9.77. The lowest BCUT2D eigenvalue weighted by molar-refractivity contribution is 0.219. The van der Waals surface area contributed by atoms with E-state index in [1.54, 1.807) is 64.2 Å². The van der Waals surface area contributed by atoms with Gasteiger partial charge in [-0.3, -0.25) is 0 Å². The molecule has 4 atom stereocenters. The zero-order valence-electron chi connectivity index (χ0n) is 9.38. The van der Waals surface area contributed by atoms with Crippen LogP contribution in [0.3, 0.4) is 0 Å². The highest BCUT2D eigenvalue weighted by Gasteiger charge is 2.34. The van der Waals surface area contributed by atoms with E-state index in [0.717, 1.165) is 23.7 Å². The summed E-state index contributed by atoms with van der Waals surface area (Å²) < 4.78 is 0. The molecule has 0 aromatic rings. The van der Waals surface area contributed by atoms with Crippen molar-refractivity contribution >= 4 is 0 Å². The van der Waals surface area contributed by atoms with Crippen LogP contribution in [0.5, 0.6) is 0 Å². The van der Waals surface area contributed by atoms with Crippen LogP contribution in [0.1, 0.15) is 64.2 Å². The van der Waals surface area contributed by atoms with Gasteiger partial charge >= 0.3 is 0 Å². The van der Waals surface area contributed by atoms with E-state index in [1.165, 1.54) is 0 Å². The molecule has 0 nitrogen and oxygen atoms in total. The minimum Gasteiger partial charge on any atom is -0.0528 e. The standard InChI is InChI=1S/C14H24/c1-3-11-7-9-13-5-2-6-14(13)10-8-12(11)4-1/h11-14H,1-10H2. The molecule has 4 unspecified atom stereocenters. The first-order valence-electron chi connectivity index (χ1n) is 6.93. The van der Waals surface area contributed by atoms with Gasteiger partial charge in [0, 0.05) is 0 Å². The first-order chi connectivity index (χ1) is 6.93. The zero-order chi connectivity index (χ0) is 9.38. The van der Waals surface area contributed by atoms with Crippen molar-refractivity contribution in [2.45, 2.75) is 64.2 Å². The van der Waals surface area contributed by atoms with Crippen LogP contribution >= 0.6 is 0 Å². The molecule has 0 heterocycles. The maximum absolute atomic E-state index is 1.59. The SMILES string of the molecule is C1CC2CCC3CCCC3CCC2C1. The monoisotopic (exact) mass is 192 g/mol. The fourth-order valence-corrected chi connectivity index (χ4v) is 4.60. The summed E-state index contributed by atoms with van der Waals surface area (Å²) in [5.41, 5.74) is 0. The van der Waals surface area contributed by atoms with Gasteiger partial charge < -0.3 is 0 Å². The highest BCUT2D eigenvalue weighted by Crippen LogP contribution is 2.47. The predicted octanol–water partition coefficient (Wildman–Crippen LogP) is 4.39. The van der Waals surface area contributed by atoms with Crippen LogP contribution in [0.15, 0.2) is 0 Å². The molecule has 0 aromatic carbocycles. The summed E-state index contributed by atoms with van der Waals surface area (Å²) in [6, 6.07) is 0. The Balaban J connectivity index is 1.67. The average Bonchev–Trinajstić information content (AvgIpc) is 2.75. The molecule has 14 heavy (non-hydrogen) atoms. The normalized spacial score (nSPS) is 48.0. The highest BCUT2D eigenvalue weighted by atomic mass is 14.4. The minimum absolute atomic E-state index is 1.15. The second-order valence-electron chi connectivity index (χ2n) is 6.06. The molecule has 0 amide bonds. The summed E-state index contributed by atoms with van der Waals surface area (Å²) in [7, 11) is 0. The molecule has 0 bridgehead atoms. The quantitative estimate of drug-likeness (QED) is 0.534. The van der Waals surface area contributed by atoms with Crippen LogP contribution in [0.25, 0.3) is 0 Å². The summed E-state index contributed by atoms with van der Waals surface area (Å²) in [5.74, 6) is 4.60. The maximum Gasteiger partial charge on any atom is -0.0386 e. The van der Waals surface area contributed by atoms with Gasteiger partial charge in [-0.15, -0.1) is 0 Å². The van der Waals surface area contributed by atoms with E-state index in [1.807, 2.05) is 0 Å². The van der Waals surface area contributed by atoms with Crippen LogP contribution < -0.4 is 0 Å². The lowest BCUT2D eigenvalue weighted by Crippen LogP contribution is -2.18. The van der Waals surface area contributed by atoms with Crippen molar-refractivity contribution in [1.82, 2.24) is 0 Å². The fourth-order valence-electron chi connectivity index (χ4n) is 4.60.